The second-order valence-corrected chi connectivity index (χ2v) is 11.4. The van der Waals surface area contributed by atoms with Gasteiger partial charge in [-0.2, -0.15) is 0 Å². The second kappa shape index (κ2) is 12.5. The maximum Gasteiger partial charge on any atom is 0.275 e. The molecule has 3 aromatic rings. The first-order valence-corrected chi connectivity index (χ1v) is 14.5. The topological polar surface area (TPSA) is 73.0 Å². The van der Waals surface area contributed by atoms with Crippen molar-refractivity contribution in [3.63, 3.8) is 0 Å². The molecule has 3 amide bonds. The Morgan fingerprint density at radius 1 is 0.907 bits per heavy atom. The molecule has 0 bridgehead atoms. The molecule has 2 aliphatic rings. The number of anilines is 2. The summed E-state index contributed by atoms with van der Waals surface area (Å²) in [6, 6.07) is 20.5. The van der Waals surface area contributed by atoms with Crippen LogP contribution in [0.5, 0.6) is 0 Å². The first-order chi connectivity index (χ1) is 20.5. The molecule has 9 heteroatoms. The van der Waals surface area contributed by atoms with Gasteiger partial charge in [0.1, 0.15) is 0 Å². The zero-order chi connectivity index (χ0) is 30.7. The van der Waals surface area contributed by atoms with Crippen molar-refractivity contribution in [1.82, 2.24) is 9.80 Å². The largest absolute Gasteiger partial charge is 0.339 e. The van der Waals surface area contributed by atoms with Crippen LogP contribution in [0.2, 0.25) is 0 Å². The van der Waals surface area contributed by atoms with Gasteiger partial charge in [-0.3, -0.25) is 14.4 Å². The van der Waals surface area contributed by atoms with E-state index in [-0.39, 0.29) is 23.6 Å². The number of rotatable bonds is 5. The van der Waals surface area contributed by atoms with Gasteiger partial charge in [-0.15, -0.1) is 0 Å². The lowest BCUT2D eigenvalue weighted by Gasteiger charge is -2.35. The van der Waals surface area contributed by atoms with Gasteiger partial charge in [0.25, 0.3) is 17.7 Å². The van der Waals surface area contributed by atoms with Crippen LogP contribution in [-0.4, -0.2) is 73.2 Å². The number of likely N-dealkylation sites (tertiary alicyclic amines) is 1. The Morgan fingerprint density at radius 2 is 1.56 bits per heavy atom. The third-order valence-corrected chi connectivity index (χ3v) is 8.33. The van der Waals surface area contributed by atoms with Crippen LogP contribution in [0.3, 0.4) is 0 Å². The number of nitrogens with one attached hydrogen (secondary N) is 1. The highest BCUT2D eigenvalue weighted by Crippen LogP contribution is 2.43. The van der Waals surface area contributed by atoms with Gasteiger partial charge in [-0.05, 0) is 75.8 Å². The molecule has 224 valence electrons. The van der Waals surface area contributed by atoms with Gasteiger partial charge in [-0.1, -0.05) is 36.4 Å². The molecule has 1 fully saturated rings. The van der Waals surface area contributed by atoms with Crippen molar-refractivity contribution < 1.29 is 23.2 Å². The van der Waals surface area contributed by atoms with E-state index in [1.165, 1.54) is 11.0 Å². The maximum absolute atomic E-state index is 15.7. The first-order valence-electron chi connectivity index (χ1n) is 14.5. The normalized spacial score (nSPS) is 17.9. The lowest BCUT2D eigenvalue weighted by atomic mass is 9.96. The van der Waals surface area contributed by atoms with Gasteiger partial charge >= 0.3 is 0 Å². The Balaban J connectivity index is 1.37. The fraction of sp³-hybridized carbons (Fsp3) is 0.324. The van der Waals surface area contributed by atoms with Crippen molar-refractivity contribution in [3.8, 4) is 0 Å². The fourth-order valence-electron chi connectivity index (χ4n) is 5.73. The number of para-hydroxylation sites is 1. The summed E-state index contributed by atoms with van der Waals surface area (Å²) in [5, 5.41) is 2.83. The number of benzene rings is 3. The number of hydrogen-bond donors (Lipinski definition) is 1. The van der Waals surface area contributed by atoms with E-state index in [1.54, 1.807) is 59.5 Å². The predicted molar refractivity (Wildman–Crippen MR) is 165 cm³/mol. The molecule has 0 aromatic heterocycles. The summed E-state index contributed by atoms with van der Waals surface area (Å²) >= 11 is 0. The Kier molecular flexibility index (Phi) is 8.73. The monoisotopic (exact) mass is 586 g/mol. The molecule has 0 atom stereocenters. The van der Waals surface area contributed by atoms with Crippen LogP contribution in [0, 0.1) is 6.92 Å². The van der Waals surface area contributed by atoms with Gasteiger partial charge in [0, 0.05) is 66.1 Å². The van der Waals surface area contributed by atoms with E-state index in [2.05, 4.69) is 10.2 Å². The Hall–Kier alpha value is -4.37. The number of piperidine rings is 1. The third kappa shape index (κ3) is 6.51. The van der Waals surface area contributed by atoms with Gasteiger partial charge < -0.3 is 20.0 Å². The van der Waals surface area contributed by atoms with Gasteiger partial charge in [0.15, 0.2) is 0 Å². The van der Waals surface area contributed by atoms with Crippen LogP contribution in [-0.2, 0) is 4.79 Å². The zero-order valence-electron chi connectivity index (χ0n) is 24.6. The first kappa shape index (κ1) is 30.1. The SMILES string of the molecule is Cc1ccccc1C(=O)Nc1ccc(C(=O)N2CCC(F)(F)C(=CC(=O)N3CCC(N(C)C)CC3)c3ccccc32)cc1. The molecule has 0 radical (unpaired) electrons. The third-order valence-electron chi connectivity index (χ3n) is 8.33. The van der Waals surface area contributed by atoms with E-state index in [4.69, 9.17) is 0 Å². The minimum atomic E-state index is -3.31. The standard InChI is InChI=1S/C34H36F2N4O3/c1-23-8-4-5-9-27(23)32(42)37-25-14-12-24(13-15-25)33(43)40-21-18-34(35,36)29(28-10-6-7-11-30(28)40)22-31(41)39-19-16-26(17-20-39)38(2)3/h4-15,22,26H,16-21H2,1-3H3,(H,37,42). The smallest absolute Gasteiger partial charge is 0.275 e. The molecule has 0 unspecified atom stereocenters. The van der Waals surface area contributed by atoms with Crippen LogP contribution in [0.15, 0.2) is 78.9 Å². The van der Waals surface area contributed by atoms with Gasteiger partial charge in [0.2, 0.25) is 5.91 Å². The lowest BCUT2D eigenvalue weighted by molar-refractivity contribution is -0.127. The molecule has 7 nitrogen and oxygen atoms in total. The number of hydrogen-bond acceptors (Lipinski definition) is 4. The molecule has 1 saturated heterocycles. The van der Waals surface area contributed by atoms with Crippen molar-refractivity contribution >= 4 is 34.7 Å². The number of amides is 3. The van der Waals surface area contributed by atoms with Crippen LogP contribution in [0.1, 0.15) is 51.1 Å². The zero-order valence-corrected chi connectivity index (χ0v) is 24.6. The number of nitrogens with zero attached hydrogens (tertiary/aromatic N) is 3. The summed E-state index contributed by atoms with van der Waals surface area (Å²) < 4.78 is 31.3. The molecule has 43 heavy (non-hydrogen) atoms. The molecule has 0 aliphatic carbocycles. The van der Waals surface area contributed by atoms with E-state index in [0.717, 1.165) is 24.5 Å². The number of fused-ring (bicyclic) bond motifs is 1. The van der Waals surface area contributed by atoms with E-state index >= 15 is 8.78 Å². The molecule has 3 aromatic carbocycles. The average Bonchev–Trinajstić information content (AvgIpc) is 3.11. The number of allylic oxidation sites excluding steroid dienone is 1. The van der Waals surface area contributed by atoms with Crippen LogP contribution < -0.4 is 10.2 Å². The van der Waals surface area contributed by atoms with Crippen LogP contribution in [0.25, 0.3) is 5.57 Å². The van der Waals surface area contributed by atoms with Crippen molar-refractivity contribution in [2.45, 2.75) is 38.2 Å². The molecule has 1 N–H and O–H groups in total. The van der Waals surface area contributed by atoms with Crippen LogP contribution in [0.4, 0.5) is 20.2 Å². The molecule has 2 aliphatic heterocycles. The summed E-state index contributed by atoms with van der Waals surface area (Å²) in [5.41, 5.74) is 2.30. The quantitative estimate of drug-likeness (QED) is 0.380. The van der Waals surface area contributed by atoms with Crippen molar-refractivity contribution in [1.29, 1.82) is 0 Å². The minimum Gasteiger partial charge on any atom is -0.339 e. The number of alkyl halides is 2. The molecule has 0 spiro atoms. The van der Waals surface area contributed by atoms with Gasteiger partial charge in [0.05, 0.1) is 5.69 Å². The maximum atomic E-state index is 15.7. The summed E-state index contributed by atoms with van der Waals surface area (Å²) in [6.45, 7) is 2.63. The Labute approximate surface area is 250 Å². The summed E-state index contributed by atoms with van der Waals surface area (Å²) in [4.78, 5) is 44.7. The predicted octanol–water partition coefficient (Wildman–Crippen LogP) is 5.87. The molecule has 0 saturated carbocycles. The molecule has 5 rings (SSSR count). The number of aryl methyl sites for hydroxylation is 1. The molecular formula is C34H36F2N4O3. The molecular weight excluding hydrogens is 550 g/mol. The number of halogens is 2. The van der Waals surface area contributed by atoms with Crippen molar-refractivity contribution in [2.75, 3.05) is 43.9 Å². The van der Waals surface area contributed by atoms with E-state index in [9.17, 15) is 14.4 Å². The highest BCUT2D eigenvalue weighted by Gasteiger charge is 2.42. The Bertz CT molecular complexity index is 1540. The Morgan fingerprint density at radius 3 is 2.23 bits per heavy atom. The van der Waals surface area contributed by atoms with Crippen molar-refractivity contribution in [3.05, 3.63) is 101 Å². The van der Waals surface area contributed by atoms with E-state index in [1.807, 2.05) is 33.2 Å². The summed E-state index contributed by atoms with van der Waals surface area (Å²) in [6.07, 6.45) is 2.01. The van der Waals surface area contributed by atoms with Gasteiger partial charge in [-0.25, -0.2) is 8.78 Å². The minimum absolute atomic E-state index is 0.164. The number of carbonyl (C=O) groups excluding carboxylic acids is 3. The highest BCUT2D eigenvalue weighted by molar-refractivity contribution is 6.10. The van der Waals surface area contributed by atoms with Crippen LogP contribution >= 0.6 is 0 Å². The second-order valence-electron chi connectivity index (χ2n) is 11.4. The average molecular weight is 587 g/mol. The summed E-state index contributed by atoms with van der Waals surface area (Å²) in [5.74, 6) is -4.47. The van der Waals surface area contributed by atoms with E-state index < -0.39 is 24.2 Å². The summed E-state index contributed by atoms with van der Waals surface area (Å²) in [7, 11) is 4.00. The molecule has 2 heterocycles. The lowest BCUT2D eigenvalue weighted by Crippen LogP contribution is -2.44. The van der Waals surface area contributed by atoms with Crippen molar-refractivity contribution in [2.24, 2.45) is 0 Å². The highest BCUT2D eigenvalue weighted by atomic mass is 19.3. The number of carbonyl (C=O) groups is 3. The van der Waals surface area contributed by atoms with E-state index in [0.29, 0.717) is 41.6 Å². The fourth-order valence-corrected chi connectivity index (χ4v) is 5.73.